The number of hydrogen-bond acceptors (Lipinski definition) is 3. The summed E-state index contributed by atoms with van der Waals surface area (Å²) in [6, 6.07) is 0. The first-order valence-corrected chi connectivity index (χ1v) is 11.0. The molecule has 3 aliphatic carbocycles. The first-order valence-electron chi connectivity index (χ1n) is 11.0. The van der Waals surface area contributed by atoms with Gasteiger partial charge in [0.05, 0.1) is 0 Å². The van der Waals surface area contributed by atoms with Gasteiger partial charge in [-0.05, 0) is 81.9 Å². The molecule has 0 aromatic heterocycles. The maximum Gasteiger partial charge on any atom is 0.0435 e. The van der Waals surface area contributed by atoms with Gasteiger partial charge in [-0.2, -0.15) is 5.48 Å². The zero-order valence-corrected chi connectivity index (χ0v) is 18.9. The molecule has 3 rings (SSSR count). The molecular formula is C24H50N2O. The summed E-state index contributed by atoms with van der Waals surface area (Å²) in [6.45, 7) is 17.4. The van der Waals surface area contributed by atoms with Gasteiger partial charge in [-0.15, -0.1) is 0 Å². The summed E-state index contributed by atoms with van der Waals surface area (Å²) in [4.78, 5) is 0. The highest BCUT2D eigenvalue weighted by Gasteiger charge is 2.48. The van der Waals surface area contributed by atoms with E-state index in [4.69, 9.17) is 5.21 Å². The van der Waals surface area contributed by atoms with E-state index in [1.807, 2.05) is 39.1 Å². The standard InChI is InChI=1S/C9H17NO.C8H12.C5H11N.C2H6.2H2/c1-8-3-2-4-9(7-8,10-11)6-5-8;1-3-8-6-4-5-7(8)2;1-3-5-6-4-2;1-2;;/h10-11H,2-7H2,1H3;3,6-7H,1,4-5H2,2H3;3,5-6H,4H2,1-2H3;1-2H3;2*1H/b;;5-3-;;;. The van der Waals surface area contributed by atoms with Crippen molar-refractivity contribution in [3.8, 4) is 0 Å². The lowest BCUT2D eigenvalue weighted by atomic mass is 9.75. The van der Waals surface area contributed by atoms with Crippen molar-refractivity contribution in [2.45, 2.75) is 98.4 Å². The molecular weight excluding hydrogens is 332 g/mol. The fourth-order valence-electron chi connectivity index (χ4n) is 4.35. The second-order valence-electron chi connectivity index (χ2n) is 8.18. The van der Waals surface area contributed by atoms with E-state index in [2.05, 4.69) is 44.2 Å². The van der Waals surface area contributed by atoms with Gasteiger partial charge in [0, 0.05) is 14.9 Å². The van der Waals surface area contributed by atoms with Crippen LogP contribution in [0.3, 0.4) is 0 Å². The monoisotopic (exact) mass is 382 g/mol. The van der Waals surface area contributed by atoms with Gasteiger partial charge in [0.1, 0.15) is 0 Å². The lowest BCUT2D eigenvalue weighted by Crippen LogP contribution is -2.43. The lowest BCUT2D eigenvalue weighted by Gasteiger charge is -2.36. The average molecular weight is 383 g/mol. The molecule has 3 aliphatic rings. The zero-order chi connectivity index (χ0) is 20.8. The van der Waals surface area contributed by atoms with Crippen molar-refractivity contribution in [2.24, 2.45) is 11.3 Å². The fourth-order valence-corrected chi connectivity index (χ4v) is 4.35. The minimum Gasteiger partial charge on any atom is -0.391 e. The van der Waals surface area contributed by atoms with E-state index in [0.29, 0.717) is 5.41 Å². The molecule has 2 saturated carbocycles. The summed E-state index contributed by atoms with van der Waals surface area (Å²) in [5, 5.41) is 12.0. The third kappa shape index (κ3) is 9.12. The van der Waals surface area contributed by atoms with E-state index in [1.165, 1.54) is 56.9 Å². The third-order valence-electron chi connectivity index (χ3n) is 5.92. The normalized spacial score (nSPS) is 30.8. The zero-order valence-electron chi connectivity index (χ0n) is 18.9. The molecule has 0 aliphatic heterocycles. The largest absolute Gasteiger partial charge is 0.391 e. The molecule has 2 bridgehead atoms. The second kappa shape index (κ2) is 14.0. The Labute approximate surface area is 172 Å². The summed E-state index contributed by atoms with van der Waals surface area (Å²) < 4.78 is 0. The molecule has 2 fully saturated rings. The molecule has 3 atom stereocenters. The second-order valence-corrected chi connectivity index (χ2v) is 8.18. The van der Waals surface area contributed by atoms with Crippen molar-refractivity contribution in [3.05, 3.63) is 36.6 Å². The smallest absolute Gasteiger partial charge is 0.0435 e. The predicted molar refractivity (Wildman–Crippen MR) is 124 cm³/mol. The number of nitrogens with one attached hydrogen (secondary N) is 2. The fraction of sp³-hybridized carbons (Fsp3) is 0.750. The lowest BCUT2D eigenvalue weighted by molar-refractivity contribution is 0.0349. The van der Waals surface area contributed by atoms with Gasteiger partial charge in [0.2, 0.25) is 0 Å². The first-order chi connectivity index (χ1) is 12.9. The van der Waals surface area contributed by atoms with E-state index in [1.54, 1.807) is 0 Å². The van der Waals surface area contributed by atoms with Crippen LogP contribution in [0.4, 0.5) is 0 Å². The number of hydrogen-bond donors (Lipinski definition) is 3. The Morgan fingerprint density at radius 2 is 2.00 bits per heavy atom. The molecule has 0 spiro atoms. The highest BCUT2D eigenvalue weighted by Crippen LogP contribution is 2.52. The van der Waals surface area contributed by atoms with E-state index in [-0.39, 0.29) is 8.39 Å². The van der Waals surface area contributed by atoms with E-state index in [0.717, 1.165) is 12.5 Å². The quantitative estimate of drug-likeness (QED) is 0.448. The average Bonchev–Trinajstić information content (AvgIpc) is 3.22. The third-order valence-corrected chi connectivity index (χ3v) is 5.92. The van der Waals surface area contributed by atoms with Crippen molar-refractivity contribution >= 4 is 0 Å². The minimum atomic E-state index is 0. The number of rotatable bonds is 4. The van der Waals surface area contributed by atoms with Gasteiger partial charge < -0.3 is 10.5 Å². The van der Waals surface area contributed by atoms with Crippen LogP contribution in [0, 0.1) is 11.3 Å². The van der Waals surface area contributed by atoms with E-state index < -0.39 is 0 Å². The highest BCUT2D eigenvalue weighted by molar-refractivity contribution is 5.22. The molecule has 0 saturated heterocycles. The van der Waals surface area contributed by atoms with Gasteiger partial charge in [-0.25, -0.2) is 0 Å². The molecule has 0 aromatic rings. The topological polar surface area (TPSA) is 44.3 Å². The van der Waals surface area contributed by atoms with Crippen LogP contribution in [0.25, 0.3) is 0 Å². The molecule has 3 nitrogen and oxygen atoms in total. The van der Waals surface area contributed by atoms with Gasteiger partial charge in [0.25, 0.3) is 0 Å². The molecule has 27 heavy (non-hydrogen) atoms. The number of fused-ring (bicyclic) bond motifs is 2. The minimum absolute atomic E-state index is 0. The van der Waals surface area contributed by atoms with E-state index in [9.17, 15) is 0 Å². The summed E-state index contributed by atoms with van der Waals surface area (Å²) in [6.07, 6.45) is 18.2. The van der Waals surface area contributed by atoms with Crippen LogP contribution in [0.5, 0.6) is 0 Å². The van der Waals surface area contributed by atoms with Crippen molar-refractivity contribution in [3.63, 3.8) is 0 Å². The maximum absolute atomic E-state index is 9.03. The van der Waals surface area contributed by atoms with Crippen molar-refractivity contribution < 1.29 is 8.06 Å². The van der Waals surface area contributed by atoms with Crippen molar-refractivity contribution in [1.82, 2.24) is 10.8 Å². The van der Waals surface area contributed by atoms with E-state index >= 15 is 0 Å². The molecule has 0 amide bonds. The summed E-state index contributed by atoms with van der Waals surface area (Å²) in [5.74, 6) is 0.771. The number of hydroxylamine groups is 1. The van der Waals surface area contributed by atoms with Gasteiger partial charge in [-0.3, -0.25) is 0 Å². The molecule has 3 N–H and O–H groups in total. The Balaban J connectivity index is -0.000000339. The Morgan fingerprint density at radius 1 is 1.30 bits per heavy atom. The van der Waals surface area contributed by atoms with Crippen LogP contribution in [0.1, 0.15) is 95.8 Å². The van der Waals surface area contributed by atoms with Crippen molar-refractivity contribution in [1.29, 1.82) is 0 Å². The van der Waals surface area contributed by atoms with Crippen LogP contribution in [0.15, 0.2) is 36.6 Å². The van der Waals surface area contributed by atoms with Crippen LogP contribution >= 0.6 is 0 Å². The molecule has 0 aromatic carbocycles. The predicted octanol–water partition coefficient (Wildman–Crippen LogP) is 7.25. The molecule has 0 heterocycles. The van der Waals surface area contributed by atoms with Crippen LogP contribution < -0.4 is 10.8 Å². The Morgan fingerprint density at radius 3 is 2.37 bits per heavy atom. The van der Waals surface area contributed by atoms with Crippen LogP contribution in [-0.2, 0) is 0 Å². The highest BCUT2D eigenvalue weighted by atomic mass is 16.5. The van der Waals surface area contributed by atoms with Crippen LogP contribution in [-0.4, -0.2) is 17.3 Å². The Hall–Kier alpha value is -1.06. The van der Waals surface area contributed by atoms with Gasteiger partial charge in [0.15, 0.2) is 0 Å². The van der Waals surface area contributed by atoms with Crippen LogP contribution in [0.2, 0.25) is 0 Å². The van der Waals surface area contributed by atoms with Crippen molar-refractivity contribution in [2.75, 3.05) is 6.54 Å². The molecule has 0 radical (unpaired) electrons. The summed E-state index contributed by atoms with van der Waals surface area (Å²) in [7, 11) is 0. The maximum atomic E-state index is 9.03. The number of allylic oxidation sites excluding steroid dienone is 4. The summed E-state index contributed by atoms with van der Waals surface area (Å²) in [5.41, 5.74) is 4.61. The molecule has 3 heteroatoms. The summed E-state index contributed by atoms with van der Waals surface area (Å²) >= 11 is 0. The Bertz CT molecular complexity index is 468. The SMILES string of the molecule is C/C=C\NCC.C=CC1=CCCC1C.CC.CC12CCCC(NO)(CC1)C2.[HH].[HH]. The molecule has 162 valence electrons. The Kier molecular flexibility index (Phi) is 13.5. The molecule has 3 unspecified atom stereocenters. The van der Waals surface area contributed by atoms with Gasteiger partial charge >= 0.3 is 0 Å². The first kappa shape index (κ1) is 25.9. The van der Waals surface area contributed by atoms with Gasteiger partial charge in [-0.1, -0.05) is 58.9 Å².